The Morgan fingerprint density at radius 1 is 0.970 bits per heavy atom. The lowest BCUT2D eigenvalue weighted by atomic mass is 10.1. The summed E-state index contributed by atoms with van der Waals surface area (Å²) < 4.78 is 1.64. The fourth-order valence-corrected chi connectivity index (χ4v) is 4.20. The molecule has 1 aromatic heterocycles. The minimum absolute atomic E-state index is 0.0135. The van der Waals surface area contributed by atoms with Crippen molar-refractivity contribution in [3.05, 3.63) is 112 Å². The number of thioether (sulfide) groups is 1. The highest BCUT2D eigenvalue weighted by Gasteiger charge is 2.17. The number of hydrogen-bond acceptors (Lipinski definition) is 4. The van der Waals surface area contributed by atoms with Crippen LogP contribution in [0.3, 0.4) is 0 Å². The van der Waals surface area contributed by atoms with E-state index in [1.807, 2.05) is 98.1 Å². The Bertz CT molecular complexity index is 1300. The topological polar surface area (TPSA) is 46.9 Å². The van der Waals surface area contributed by atoms with Crippen LogP contribution in [-0.4, -0.2) is 21.8 Å². The van der Waals surface area contributed by atoms with Gasteiger partial charge in [-0.05, 0) is 55.7 Å². The van der Waals surface area contributed by atoms with Crippen LogP contribution in [-0.2, 0) is 0 Å². The van der Waals surface area contributed by atoms with Gasteiger partial charge in [-0.3, -0.25) is 9.36 Å². The van der Waals surface area contributed by atoms with Gasteiger partial charge in [-0.2, -0.15) is 0 Å². The molecule has 0 aliphatic rings. The second-order valence-corrected chi connectivity index (χ2v) is 8.71. The Balaban J connectivity index is 1.83. The second kappa shape index (κ2) is 10.6. The Kier molecular flexibility index (Phi) is 7.33. The first kappa shape index (κ1) is 22.9. The van der Waals surface area contributed by atoms with Gasteiger partial charge in [0.15, 0.2) is 5.16 Å². The first-order valence-corrected chi connectivity index (χ1v) is 12.2. The minimum Gasteiger partial charge on any atom is -0.379 e. The van der Waals surface area contributed by atoms with Gasteiger partial charge in [0.05, 0.1) is 16.9 Å². The molecule has 3 aromatic carbocycles. The zero-order valence-electron chi connectivity index (χ0n) is 18.4. The van der Waals surface area contributed by atoms with Crippen molar-refractivity contribution in [1.82, 2.24) is 9.55 Å². The fraction of sp³-hybridized carbons (Fsp3) is 0.111. The highest BCUT2D eigenvalue weighted by atomic mass is 35.5. The van der Waals surface area contributed by atoms with Crippen molar-refractivity contribution in [1.29, 1.82) is 0 Å². The van der Waals surface area contributed by atoms with Crippen LogP contribution < -0.4 is 10.9 Å². The molecule has 1 N–H and O–H groups in total. The van der Waals surface area contributed by atoms with Crippen molar-refractivity contribution in [2.45, 2.75) is 18.1 Å². The fourth-order valence-electron chi connectivity index (χ4n) is 3.52. The molecule has 0 fully saturated rings. The van der Waals surface area contributed by atoms with E-state index in [4.69, 9.17) is 16.6 Å². The van der Waals surface area contributed by atoms with Crippen LogP contribution in [0.5, 0.6) is 0 Å². The number of rotatable bonds is 7. The molecule has 0 saturated carbocycles. The third kappa shape index (κ3) is 5.38. The van der Waals surface area contributed by atoms with Gasteiger partial charge in [0.2, 0.25) is 0 Å². The van der Waals surface area contributed by atoms with E-state index in [1.165, 1.54) is 11.8 Å². The number of benzene rings is 3. The van der Waals surface area contributed by atoms with Gasteiger partial charge < -0.3 is 5.32 Å². The van der Waals surface area contributed by atoms with Crippen molar-refractivity contribution in [3.8, 4) is 16.9 Å². The first-order valence-electron chi connectivity index (χ1n) is 10.6. The lowest BCUT2D eigenvalue weighted by Gasteiger charge is -2.16. The van der Waals surface area contributed by atoms with E-state index in [1.54, 1.807) is 16.7 Å². The largest absolute Gasteiger partial charge is 0.379 e. The molecule has 0 amide bonds. The van der Waals surface area contributed by atoms with Crippen molar-refractivity contribution >= 4 is 35.1 Å². The van der Waals surface area contributed by atoms with E-state index in [2.05, 4.69) is 5.32 Å². The van der Waals surface area contributed by atoms with Crippen LogP contribution >= 0.6 is 23.4 Å². The standard InChI is InChI=1S/C27H24ClN3OS/c1-19(29-22-11-7-4-8-12-22)13-18-24-25(20-9-5-3-6-10-20)30-27(33-2)31(26(24)32)23-16-14-21(28)15-17-23/h3-19,29H,1-2H3/b18-13+. The molecule has 1 atom stereocenters. The summed E-state index contributed by atoms with van der Waals surface area (Å²) in [7, 11) is 0. The van der Waals surface area contributed by atoms with E-state index >= 15 is 0 Å². The summed E-state index contributed by atoms with van der Waals surface area (Å²) in [4.78, 5) is 18.7. The molecule has 166 valence electrons. The van der Waals surface area contributed by atoms with E-state index in [-0.39, 0.29) is 11.6 Å². The zero-order valence-corrected chi connectivity index (χ0v) is 20.0. The Labute approximate surface area is 203 Å². The van der Waals surface area contributed by atoms with Gasteiger partial charge >= 0.3 is 0 Å². The zero-order chi connectivity index (χ0) is 23.2. The quantitative estimate of drug-likeness (QED) is 0.237. The molecule has 0 radical (unpaired) electrons. The Morgan fingerprint density at radius 2 is 1.61 bits per heavy atom. The van der Waals surface area contributed by atoms with Crippen molar-refractivity contribution < 1.29 is 0 Å². The number of halogens is 1. The molecule has 6 heteroatoms. The van der Waals surface area contributed by atoms with Crippen LogP contribution in [0.15, 0.2) is 101 Å². The summed E-state index contributed by atoms with van der Waals surface area (Å²) in [6.07, 6.45) is 5.78. The molecule has 0 saturated heterocycles. The van der Waals surface area contributed by atoms with Gasteiger partial charge in [0.25, 0.3) is 5.56 Å². The molecule has 0 spiro atoms. The van der Waals surface area contributed by atoms with Gasteiger partial charge in [-0.25, -0.2) is 4.98 Å². The minimum atomic E-state index is -0.126. The summed E-state index contributed by atoms with van der Waals surface area (Å²) in [5.74, 6) is 0. The molecule has 0 aliphatic heterocycles. The van der Waals surface area contributed by atoms with Crippen LogP contribution in [0.25, 0.3) is 23.0 Å². The lowest BCUT2D eigenvalue weighted by molar-refractivity contribution is 0.798. The summed E-state index contributed by atoms with van der Waals surface area (Å²) in [6, 6.07) is 27.0. The maximum atomic E-state index is 13.8. The molecule has 33 heavy (non-hydrogen) atoms. The van der Waals surface area contributed by atoms with Crippen LogP contribution in [0.1, 0.15) is 12.5 Å². The second-order valence-electron chi connectivity index (χ2n) is 7.50. The monoisotopic (exact) mass is 473 g/mol. The first-order chi connectivity index (χ1) is 16.1. The van der Waals surface area contributed by atoms with Crippen molar-refractivity contribution in [2.75, 3.05) is 11.6 Å². The van der Waals surface area contributed by atoms with Gasteiger partial charge in [0, 0.05) is 22.3 Å². The highest BCUT2D eigenvalue weighted by molar-refractivity contribution is 7.98. The maximum absolute atomic E-state index is 13.8. The lowest BCUT2D eigenvalue weighted by Crippen LogP contribution is -2.25. The Morgan fingerprint density at radius 3 is 2.24 bits per heavy atom. The maximum Gasteiger partial charge on any atom is 0.266 e. The SMILES string of the molecule is CSc1nc(-c2ccccc2)c(/C=C/C(C)Nc2ccccc2)c(=O)n1-c1ccc(Cl)cc1. The summed E-state index contributed by atoms with van der Waals surface area (Å²) >= 11 is 7.51. The number of para-hydroxylation sites is 1. The smallest absolute Gasteiger partial charge is 0.266 e. The average molecular weight is 474 g/mol. The molecule has 1 heterocycles. The molecule has 0 bridgehead atoms. The molecule has 1 unspecified atom stereocenters. The van der Waals surface area contributed by atoms with Gasteiger partial charge in [-0.15, -0.1) is 0 Å². The normalized spacial score (nSPS) is 12.1. The van der Waals surface area contributed by atoms with Gasteiger partial charge in [-0.1, -0.05) is 78.0 Å². The molecular weight excluding hydrogens is 450 g/mol. The van der Waals surface area contributed by atoms with E-state index in [0.29, 0.717) is 21.4 Å². The highest BCUT2D eigenvalue weighted by Crippen LogP contribution is 2.26. The number of aromatic nitrogens is 2. The number of nitrogens with one attached hydrogen (secondary N) is 1. The summed E-state index contributed by atoms with van der Waals surface area (Å²) in [5.41, 5.74) is 3.72. The van der Waals surface area contributed by atoms with E-state index in [9.17, 15) is 4.79 Å². The van der Waals surface area contributed by atoms with Gasteiger partial charge in [0.1, 0.15) is 0 Å². The summed E-state index contributed by atoms with van der Waals surface area (Å²) in [6.45, 7) is 2.05. The molecular formula is C27H24ClN3OS. The third-order valence-corrected chi connectivity index (χ3v) is 6.01. The Hall–Kier alpha value is -3.28. The number of nitrogens with zero attached hydrogens (tertiary/aromatic N) is 2. The summed E-state index contributed by atoms with van der Waals surface area (Å²) in [5, 5.41) is 4.67. The molecule has 4 rings (SSSR count). The van der Waals surface area contributed by atoms with Crippen molar-refractivity contribution in [3.63, 3.8) is 0 Å². The van der Waals surface area contributed by atoms with Crippen LogP contribution in [0.2, 0.25) is 5.02 Å². The molecule has 4 nitrogen and oxygen atoms in total. The predicted octanol–water partition coefficient (Wildman–Crippen LogP) is 6.79. The average Bonchev–Trinajstić information content (AvgIpc) is 2.84. The molecule has 0 aliphatic carbocycles. The number of hydrogen-bond donors (Lipinski definition) is 1. The van der Waals surface area contributed by atoms with Crippen LogP contribution in [0, 0.1) is 0 Å². The van der Waals surface area contributed by atoms with E-state index in [0.717, 1.165) is 16.9 Å². The predicted molar refractivity (Wildman–Crippen MR) is 141 cm³/mol. The third-order valence-electron chi connectivity index (χ3n) is 5.12. The van der Waals surface area contributed by atoms with Crippen LogP contribution in [0.4, 0.5) is 5.69 Å². The molecule has 4 aromatic rings. The van der Waals surface area contributed by atoms with E-state index < -0.39 is 0 Å². The van der Waals surface area contributed by atoms with Crippen molar-refractivity contribution in [2.24, 2.45) is 0 Å². The number of anilines is 1.